The van der Waals surface area contributed by atoms with E-state index in [0.29, 0.717) is 23.8 Å². The number of carbonyl (C=O) groups excluding carboxylic acids is 1. The Morgan fingerprint density at radius 2 is 1.79 bits per heavy atom. The van der Waals surface area contributed by atoms with Gasteiger partial charge >= 0.3 is 0 Å². The van der Waals surface area contributed by atoms with Crippen LogP contribution in [0.25, 0.3) is 0 Å². The summed E-state index contributed by atoms with van der Waals surface area (Å²) in [5, 5.41) is 0. The topological polar surface area (TPSA) is 69.7 Å². The van der Waals surface area contributed by atoms with E-state index in [0.717, 1.165) is 64.7 Å². The first-order valence-electron chi connectivity index (χ1n) is 9.37. The highest BCUT2D eigenvalue weighted by atomic mass is 32.2. The fraction of sp³-hybridized carbons (Fsp3) is 0.941. The summed E-state index contributed by atoms with van der Waals surface area (Å²) < 4.78 is 26.1. The first-order chi connectivity index (χ1) is 11.4. The summed E-state index contributed by atoms with van der Waals surface area (Å²) >= 11 is 0. The van der Waals surface area contributed by atoms with Crippen molar-refractivity contribution >= 4 is 15.9 Å². The molecule has 138 valence electrons. The van der Waals surface area contributed by atoms with Crippen molar-refractivity contribution in [2.24, 2.45) is 11.8 Å². The number of nitrogens with one attached hydrogen (secondary N) is 1. The van der Waals surface area contributed by atoms with E-state index in [4.69, 9.17) is 0 Å². The Morgan fingerprint density at radius 1 is 1.12 bits per heavy atom. The lowest BCUT2D eigenvalue weighted by atomic mass is 9.99. The molecule has 1 aliphatic carbocycles. The summed E-state index contributed by atoms with van der Waals surface area (Å²) in [6, 6.07) is 0.519. The summed E-state index contributed by atoms with van der Waals surface area (Å²) in [5.41, 5.74) is 0. The van der Waals surface area contributed by atoms with Crippen molar-refractivity contribution in [2.45, 2.75) is 57.5 Å². The monoisotopic (exact) mass is 357 g/mol. The second-order valence-electron chi connectivity index (χ2n) is 7.83. The van der Waals surface area contributed by atoms with Gasteiger partial charge in [-0.1, -0.05) is 13.3 Å². The molecule has 1 saturated carbocycles. The van der Waals surface area contributed by atoms with Crippen LogP contribution in [-0.2, 0) is 14.8 Å². The third-order valence-corrected chi connectivity index (χ3v) is 6.44. The molecule has 3 fully saturated rings. The Labute approximate surface area is 146 Å². The number of amides is 1. The molecule has 1 N–H and O–H groups in total. The van der Waals surface area contributed by atoms with Crippen LogP contribution in [0.3, 0.4) is 0 Å². The molecule has 0 spiro atoms. The first kappa shape index (κ1) is 18.1. The number of hydrogen-bond acceptors (Lipinski definition) is 4. The highest BCUT2D eigenvalue weighted by Crippen LogP contribution is 2.33. The summed E-state index contributed by atoms with van der Waals surface area (Å²) in [4.78, 5) is 16.7. The van der Waals surface area contributed by atoms with Crippen LogP contribution in [0.5, 0.6) is 0 Å². The van der Waals surface area contributed by atoms with Crippen LogP contribution in [-0.4, -0.2) is 68.6 Å². The molecule has 7 heteroatoms. The van der Waals surface area contributed by atoms with Gasteiger partial charge in [-0.05, 0) is 38.0 Å². The maximum Gasteiger partial charge on any atom is 0.225 e. The molecule has 6 nitrogen and oxygen atoms in total. The summed E-state index contributed by atoms with van der Waals surface area (Å²) in [6.45, 7) is 5.65. The fourth-order valence-corrected chi connectivity index (χ4v) is 5.13. The van der Waals surface area contributed by atoms with Gasteiger partial charge in [0.25, 0.3) is 0 Å². The van der Waals surface area contributed by atoms with Gasteiger partial charge in [-0.25, -0.2) is 13.1 Å². The molecule has 2 saturated heterocycles. The second-order valence-corrected chi connectivity index (χ2v) is 9.61. The van der Waals surface area contributed by atoms with Gasteiger partial charge in [0.1, 0.15) is 0 Å². The van der Waals surface area contributed by atoms with Gasteiger partial charge in [0, 0.05) is 44.2 Å². The molecule has 1 amide bonds. The van der Waals surface area contributed by atoms with Gasteiger partial charge in [0.05, 0.1) is 6.26 Å². The highest BCUT2D eigenvalue weighted by molar-refractivity contribution is 7.88. The number of likely N-dealkylation sites (tertiary alicyclic amines) is 2. The first-order valence-corrected chi connectivity index (χ1v) is 11.3. The van der Waals surface area contributed by atoms with Gasteiger partial charge in [0.2, 0.25) is 15.9 Å². The zero-order valence-corrected chi connectivity index (χ0v) is 15.7. The average Bonchev–Trinajstić information content (AvgIpc) is 3.30. The Bertz CT molecular complexity index is 553. The van der Waals surface area contributed by atoms with E-state index in [2.05, 4.69) is 16.5 Å². The Hall–Kier alpha value is -0.660. The number of nitrogens with zero attached hydrogens (tertiary/aromatic N) is 2. The fourth-order valence-electron chi connectivity index (χ4n) is 4.31. The SMILES string of the molecule is CCCC1CN(C2CCN(C(=O)C3CC3)CC2)CC1NS(C)(=O)=O. The molecular weight excluding hydrogens is 326 g/mol. The summed E-state index contributed by atoms with van der Waals surface area (Å²) in [7, 11) is -3.17. The molecule has 0 bridgehead atoms. The van der Waals surface area contributed by atoms with Gasteiger partial charge < -0.3 is 4.90 Å². The smallest absolute Gasteiger partial charge is 0.225 e. The Balaban J connectivity index is 1.54. The van der Waals surface area contributed by atoms with E-state index < -0.39 is 10.0 Å². The predicted octanol–water partition coefficient (Wildman–Crippen LogP) is 1.04. The zero-order chi connectivity index (χ0) is 17.3. The van der Waals surface area contributed by atoms with Gasteiger partial charge in [0.15, 0.2) is 0 Å². The van der Waals surface area contributed by atoms with Crippen molar-refractivity contribution in [2.75, 3.05) is 32.4 Å². The number of carbonyl (C=O) groups is 1. The van der Waals surface area contributed by atoms with Crippen molar-refractivity contribution in [1.29, 1.82) is 0 Å². The molecular formula is C17H31N3O3S. The van der Waals surface area contributed by atoms with E-state index in [9.17, 15) is 13.2 Å². The number of sulfonamides is 1. The molecule has 3 rings (SSSR count). The quantitative estimate of drug-likeness (QED) is 0.771. The molecule has 0 aromatic heterocycles. The molecule has 2 heterocycles. The normalized spacial score (nSPS) is 30.0. The van der Waals surface area contributed by atoms with E-state index in [1.807, 2.05) is 4.90 Å². The van der Waals surface area contributed by atoms with E-state index >= 15 is 0 Å². The molecule has 2 atom stereocenters. The van der Waals surface area contributed by atoms with Crippen LogP contribution in [0.1, 0.15) is 45.4 Å². The standard InChI is InChI=1S/C17H31N3O3S/c1-3-4-14-11-20(12-16(14)18-24(2,22)23)15-7-9-19(10-8-15)17(21)13-5-6-13/h13-16,18H,3-12H2,1-2H3. The molecule has 2 aliphatic heterocycles. The van der Waals surface area contributed by atoms with Crippen molar-refractivity contribution in [3.8, 4) is 0 Å². The maximum absolute atomic E-state index is 12.2. The molecule has 3 aliphatic rings. The maximum atomic E-state index is 12.2. The van der Waals surface area contributed by atoms with Crippen molar-refractivity contribution < 1.29 is 13.2 Å². The Morgan fingerprint density at radius 3 is 2.33 bits per heavy atom. The molecule has 24 heavy (non-hydrogen) atoms. The number of hydrogen-bond donors (Lipinski definition) is 1. The lowest BCUT2D eigenvalue weighted by molar-refractivity contribution is -0.134. The van der Waals surface area contributed by atoms with Crippen LogP contribution in [0, 0.1) is 11.8 Å². The van der Waals surface area contributed by atoms with Gasteiger partial charge in [-0.15, -0.1) is 0 Å². The van der Waals surface area contributed by atoms with Crippen LogP contribution >= 0.6 is 0 Å². The third-order valence-electron chi connectivity index (χ3n) is 5.71. The molecule has 0 aromatic carbocycles. The highest BCUT2D eigenvalue weighted by Gasteiger charge is 2.39. The minimum atomic E-state index is -3.17. The largest absolute Gasteiger partial charge is 0.342 e. The average molecular weight is 358 g/mol. The minimum absolute atomic E-state index is 0.0334. The Kier molecular flexibility index (Phi) is 5.52. The van der Waals surface area contributed by atoms with Crippen LogP contribution < -0.4 is 4.72 Å². The number of rotatable bonds is 6. The number of piperidine rings is 1. The van der Waals surface area contributed by atoms with Crippen LogP contribution in [0.15, 0.2) is 0 Å². The van der Waals surface area contributed by atoms with Crippen molar-refractivity contribution in [1.82, 2.24) is 14.5 Å². The summed E-state index contributed by atoms with van der Waals surface area (Å²) in [6.07, 6.45) is 7.56. The predicted molar refractivity (Wildman–Crippen MR) is 94.1 cm³/mol. The third kappa shape index (κ3) is 4.49. The lowest BCUT2D eigenvalue weighted by Crippen LogP contribution is -2.47. The molecule has 0 aromatic rings. The summed E-state index contributed by atoms with van der Waals surface area (Å²) in [5.74, 6) is 1.07. The molecule has 2 unspecified atom stereocenters. The second kappa shape index (κ2) is 7.30. The van der Waals surface area contributed by atoms with Gasteiger partial charge in [-0.3, -0.25) is 9.69 Å². The van der Waals surface area contributed by atoms with Crippen LogP contribution in [0.4, 0.5) is 0 Å². The zero-order valence-electron chi connectivity index (χ0n) is 14.9. The van der Waals surface area contributed by atoms with Gasteiger partial charge in [-0.2, -0.15) is 0 Å². The van der Waals surface area contributed by atoms with E-state index in [-0.39, 0.29) is 6.04 Å². The van der Waals surface area contributed by atoms with Crippen molar-refractivity contribution in [3.05, 3.63) is 0 Å². The minimum Gasteiger partial charge on any atom is -0.342 e. The van der Waals surface area contributed by atoms with Crippen molar-refractivity contribution in [3.63, 3.8) is 0 Å². The van der Waals surface area contributed by atoms with Crippen LogP contribution in [0.2, 0.25) is 0 Å². The van der Waals surface area contributed by atoms with E-state index in [1.54, 1.807) is 0 Å². The lowest BCUT2D eigenvalue weighted by Gasteiger charge is -2.37. The van der Waals surface area contributed by atoms with E-state index in [1.165, 1.54) is 6.26 Å². The molecule has 0 radical (unpaired) electrons.